The molecule has 7 nitrogen and oxygen atoms in total. The van der Waals surface area contributed by atoms with Crippen LogP contribution in [0.3, 0.4) is 0 Å². The first kappa shape index (κ1) is 22.3. The smallest absolute Gasteiger partial charge is 0.308 e. The van der Waals surface area contributed by atoms with Gasteiger partial charge in [-0.1, -0.05) is 29.0 Å². The van der Waals surface area contributed by atoms with Crippen LogP contribution in [0, 0.1) is 0 Å². The summed E-state index contributed by atoms with van der Waals surface area (Å²) in [7, 11) is -3.75. The van der Waals surface area contributed by atoms with Crippen molar-refractivity contribution in [3.63, 3.8) is 0 Å². The summed E-state index contributed by atoms with van der Waals surface area (Å²) in [5.41, 5.74) is 1.58. The second-order valence-electron chi connectivity index (χ2n) is 7.22. The summed E-state index contributed by atoms with van der Waals surface area (Å²) in [6, 6.07) is 10.5. The zero-order valence-electron chi connectivity index (χ0n) is 16.9. The third-order valence-corrected chi connectivity index (χ3v) is 6.94. The quantitative estimate of drug-likeness (QED) is 0.591. The minimum Gasteiger partial charge on any atom is -0.324 e. The SMILES string of the molecule is CC(C)n1c(=O)sc2cc(NC(=O)[C@H](C)N(c3cccc(Cl)c3)S(C)(=O)=O)ccc21. The lowest BCUT2D eigenvalue weighted by Gasteiger charge is -2.28. The number of aromatic nitrogens is 1. The predicted molar refractivity (Wildman–Crippen MR) is 123 cm³/mol. The van der Waals surface area contributed by atoms with Crippen LogP contribution in [0.15, 0.2) is 47.3 Å². The van der Waals surface area contributed by atoms with Crippen molar-refractivity contribution in [2.45, 2.75) is 32.9 Å². The van der Waals surface area contributed by atoms with Gasteiger partial charge in [0.1, 0.15) is 6.04 Å². The van der Waals surface area contributed by atoms with Crippen LogP contribution in [0.4, 0.5) is 11.4 Å². The van der Waals surface area contributed by atoms with Gasteiger partial charge in [0.25, 0.3) is 0 Å². The largest absolute Gasteiger partial charge is 0.324 e. The summed E-state index contributed by atoms with van der Waals surface area (Å²) in [5, 5.41) is 3.11. The number of anilines is 2. The third-order valence-electron chi connectivity index (χ3n) is 4.55. The summed E-state index contributed by atoms with van der Waals surface area (Å²) in [6.45, 7) is 5.37. The van der Waals surface area contributed by atoms with E-state index in [0.717, 1.165) is 32.1 Å². The van der Waals surface area contributed by atoms with Crippen LogP contribution < -0.4 is 14.5 Å². The molecule has 0 aliphatic carbocycles. The maximum absolute atomic E-state index is 12.9. The Morgan fingerprint density at radius 3 is 2.47 bits per heavy atom. The van der Waals surface area contributed by atoms with E-state index in [1.807, 2.05) is 13.8 Å². The zero-order chi connectivity index (χ0) is 22.2. The minimum atomic E-state index is -3.75. The van der Waals surface area contributed by atoms with Crippen molar-refractivity contribution >= 4 is 60.5 Å². The molecule has 0 unspecified atom stereocenters. The molecule has 0 aliphatic rings. The Kier molecular flexibility index (Phi) is 6.26. The van der Waals surface area contributed by atoms with E-state index in [0.29, 0.717) is 16.4 Å². The average molecular weight is 468 g/mol. The Bertz CT molecular complexity index is 1260. The average Bonchev–Trinajstić information content (AvgIpc) is 2.95. The Hall–Kier alpha value is -2.36. The van der Waals surface area contributed by atoms with Gasteiger partial charge in [-0.2, -0.15) is 0 Å². The number of carbonyl (C=O) groups excluding carboxylic acids is 1. The van der Waals surface area contributed by atoms with Crippen LogP contribution in [0.2, 0.25) is 5.02 Å². The molecule has 0 aliphatic heterocycles. The first-order valence-corrected chi connectivity index (χ1v) is 12.2. The van der Waals surface area contributed by atoms with Crippen LogP contribution >= 0.6 is 22.9 Å². The molecular weight excluding hydrogens is 446 g/mol. The van der Waals surface area contributed by atoms with Crippen LogP contribution in [0.1, 0.15) is 26.8 Å². The van der Waals surface area contributed by atoms with E-state index in [1.54, 1.807) is 41.0 Å². The van der Waals surface area contributed by atoms with E-state index >= 15 is 0 Å². The minimum absolute atomic E-state index is 0.0210. The maximum Gasteiger partial charge on any atom is 0.308 e. The second kappa shape index (κ2) is 8.41. The summed E-state index contributed by atoms with van der Waals surface area (Å²) < 4.78 is 28.2. The molecule has 0 saturated carbocycles. The van der Waals surface area contributed by atoms with Crippen LogP contribution in [0.25, 0.3) is 10.2 Å². The fourth-order valence-corrected chi connectivity index (χ4v) is 5.68. The Morgan fingerprint density at radius 1 is 1.17 bits per heavy atom. The number of nitrogens with zero attached hydrogens (tertiary/aromatic N) is 2. The zero-order valence-corrected chi connectivity index (χ0v) is 19.3. The Balaban J connectivity index is 1.91. The summed E-state index contributed by atoms with van der Waals surface area (Å²) in [6.07, 6.45) is 1.04. The summed E-state index contributed by atoms with van der Waals surface area (Å²) >= 11 is 7.10. The van der Waals surface area contributed by atoms with Gasteiger partial charge in [0.2, 0.25) is 15.9 Å². The highest BCUT2D eigenvalue weighted by Crippen LogP contribution is 2.26. The number of hydrogen-bond donors (Lipinski definition) is 1. The van der Waals surface area contributed by atoms with Gasteiger partial charge in [0.05, 0.1) is 22.2 Å². The van der Waals surface area contributed by atoms with E-state index in [4.69, 9.17) is 11.6 Å². The van der Waals surface area contributed by atoms with Gasteiger partial charge in [0.15, 0.2) is 0 Å². The van der Waals surface area contributed by atoms with Gasteiger partial charge < -0.3 is 5.32 Å². The first-order chi connectivity index (χ1) is 14.0. The van der Waals surface area contributed by atoms with Crippen molar-refractivity contribution in [1.29, 1.82) is 0 Å². The third kappa shape index (κ3) is 4.53. The molecule has 2 aromatic carbocycles. The number of nitrogens with one attached hydrogen (secondary N) is 1. The van der Waals surface area contributed by atoms with Crippen molar-refractivity contribution in [3.8, 4) is 0 Å². The number of sulfonamides is 1. The summed E-state index contributed by atoms with van der Waals surface area (Å²) in [5.74, 6) is -0.504. The monoisotopic (exact) mass is 467 g/mol. The lowest BCUT2D eigenvalue weighted by molar-refractivity contribution is -0.116. The van der Waals surface area contributed by atoms with Crippen molar-refractivity contribution in [2.24, 2.45) is 0 Å². The molecule has 10 heteroatoms. The molecule has 1 aromatic heterocycles. The van der Waals surface area contributed by atoms with E-state index in [-0.39, 0.29) is 10.9 Å². The van der Waals surface area contributed by atoms with Gasteiger partial charge in [-0.25, -0.2) is 8.42 Å². The van der Waals surface area contributed by atoms with Gasteiger partial charge in [-0.3, -0.25) is 18.5 Å². The van der Waals surface area contributed by atoms with Crippen LogP contribution in [-0.2, 0) is 14.8 Å². The number of thiazole rings is 1. The van der Waals surface area contributed by atoms with Gasteiger partial charge in [-0.05, 0) is 57.2 Å². The van der Waals surface area contributed by atoms with E-state index < -0.39 is 22.0 Å². The van der Waals surface area contributed by atoms with Crippen molar-refractivity contribution < 1.29 is 13.2 Å². The molecule has 1 amide bonds. The molecule has 0 bridgehead atoms. The lowest BCUT2D eigenvalue weighted by Crippen LogP contribution is -2.45. The molecular formula is C20H22ClN3O4S2. The molecule has 1 heterocycles. The normalized spacial score (nSPS) is 12.9. The van der Waals surface area contributed by atoms with Crippen molar-refractivity contribution in [3.05, 3.63) is 57.2 Å². The maximum atomic E-state index is 12.9. The molecule has 0 spiro atoms. The van der Waals surface area contributed by atoms with Crippen molar-refractivity contribution in [2.75, 3.05) is 15.9 Å². The van der Waals surface area contributed by atoms with Crippen LogP contribution in [-0.4, -0.2) is 31.2 Å². The molecule has 3 aromatic rings. The number of benzene rings is 2. The standard InChI is InChI=1S/C20H22ClN3O4S2/c1-12(2)23-17-9-8-15(11-18(17)29-20(23)26)22-19(25)13(3)24(30(4,27)28)16-7-5-6-14(21)10-16/h5-13H,1-4H3,(H,22,25)/t13-/m0/s1. The molecule has 160 valence electrons. The molecule has 0 radical (unpaired) electrons. The number of hydrogen-bond acceptors (Lipinski definition) is 5. The molecule has 30 heavy (non-hydrogen) atoms. The topological polar surface area (TPSA) is 88.5 Å². The first-order valence-electron chi connectivity index (χ1n) is 9.20. The second-order valence-corrected chi connectivity index (χ2v) is 10.5. The summed E-state index contributed by atoms with van der Waals surface area (Å²) in [4.78, 5) is 25.0. The predicted octanol–water partition coefficient (Wildman–Crippen LogP) is 4.09. The van der Waals surface area contributed by atoms with Crippen LogP contribution in [0.5, 0.6) is 0 Å². The van der Waals surface area contributed by atoms with Gasteiger partial charge >= 0.3 is 4.87 Å². The van der Waals surface area contributed by atoms with E-state index in [9.17, 15) is 18.0 Å². The molecule has 3 rings (SSSR count). The Labute approximate surface area is 183 Å². The number of rotatable bonds is 6. The molecule has 1 atom stereocenters. The van der Waals surface area contributed by atoms with Crippen molar-refractivity contribution in [1.82, 2.24) is 4.57 Å². The molecule has 0 fully saturated rings. The number of carbonyl (C=O) groups is 1. The van der Waals surface area contributed by atoms with E-state index in [2.05, 4.69) is 5.32 Å². The van der Waals surface area contributed by atoms with E-state index in [1.165, 1.54) is 13.0 Å². The highest BCUT2D eigenvalue weighted by molar-refractivity contribution is 7.92. The lowest BCUT2D eigenvalue weighted by atomic mass is 10.2. The van der Waals surface area contributed by atoms with Gasteiger partial charge in [0, 0.05) is 16.8 Å². The highest BCUT2D eigenvalue weighted by Gasteiger charge is 2.29. The molecule has 1 N–H and O–H groups in total. The number of amides is 1. The fourth-order valence-electron chi connectivity index (χ4n) is 3.27. The van der Waals surface area contributed by atoms with Gasteiger partial charge in [-0.15, -0.1) is 0 Å². The molecule has 0 saturated heterocycles. The number of fused-ring (bicyclic) bond motifs is 1. The fraction of sp³-hybridized carbons (Fsp3) is 0.300. The highest BCUT2D eigenvalue weighted by atomic mass is 35.5. The Morgan fingerprint density at radius 2 is 1.87 bits per heavy atom. The number of halogens is 1.